The standard InChI is InChI=1S/C12H13N3O2/c1-8-7-13-12(14(2)3)9-5-4-6-10(11(8)9)15(16)17/h4-7H,1-3H3. The van der Waals surface area contributed by atoms with Crippen LogP contribution >= 0.6 is 0 Å². The minimum absolute atomic E-state index is 0.130. The lowest BCUT2D eigenvalue weighted by molar-refractivity contribution is -0.383. The van der Waals surface area contributed by atoms with Gasteiger partial charge in [0.2, 0.25) is 0 Å². The Balaban J connectivity index is 2.90. The topological polar surface area (TPSA) is 59.3 Å². The monoisotopic (exact) mass is 231 g/mol. The number of fused-ring (bicyclic) bond motifs is 1. The zero-order valence-electron chi connectivity index (χ0n) is 9.97. The van der Waals surface area contributed by atoms with Crippen molar-refractivity contribution in [3.8, 4) is 0 Å². The van der Waals surface area contributed by atoms with Crippen molar-refractivity contribution >= 4 is 22.3 Å². The fourth-order valence-corrected chi connectivity index (χ4v) is 1.94. The van der Waals surface area contributed by atoms with E-state index in [1.807, 2.05) is 32.0 Å². The third kappa shape index (κ3) is 1.80. The van der Waals surface area contributed by atoms with Gasteiger partial charge in [-0.3, -0.25) is 10.1 Å². The molecule has 0 amide bonds. The summed E-state index contributed by atoms with van der Waals surface area (Å²) in [5.41, 5.74) is 0.948. The lowest BCUT2D eigenvalue weighted by Crippen LogP contribution is -2.11. The molecule has 0 aliphatic rings. The van der Waals surface area contributed by atoms with E-state index in [4.69, 9.17) is 0 Å². The van der Waals surface area contributed by atoms with Crippen LogP contribution in [0.1, 0.15) is 5.56 Å². The summed E-state index contributed by atoms with van der Waals surface area (Å²) in [6.07, 6.45) is 1.67. The summed E-state index contributed by atoms with van der Waals surface area (Å²) in [4.78, 5) is 16.8. The second kappa shape index (κ2) is 4.01. The highest BCUT2D eigenvalue weighted by atomic mass is 16.6. The van der Waals surface area contributed by atoms with Crippen LogP contribution < -0.4 is 4.90 Å². The summed E-state index contributed by atoms with van der Waals surface area (Å²) >= 11 is 0. The highest BCUT2D eigenvalue weighted by molar-refractivity contribution is 5.99. The number of nitrogens with zero attached hydrogens (tertiary/aromatic N) is 3. The van der Waals surface area contributed by atoms with Crippen LogP contribution in [-0.2, 0) is 0 Å². The molecule has 5 nitrogen and oxygen atoms in total. The van der Waals surface area contributed by atoms with Gasteiger partial charge in [0, 0.05) is 31.7 Å². The highest BCUT2D eigenvalue weighted by Gasteiger charge is 2.16. The number of nitro groups is 1. The number of hydrogen-bond donors (Lipinski definition) is 0. The summed E-state index contributed by atoms with van der Waals surface area (Å²) < 4.78 is 0. The molecule has 0 N–H and O–H groups in total. The van der Waals surface area contributed by atoms with E-state index in [9.17, 15) is 10.1 Å². The smallest absolute Gasteiger partial charge is 0.277 e. The van der Waals surface area contributed by atoms with Gasteiger partial charge >= 0.3 is 0 Å². The van der Waals surface area contributed by atoms with E-state index in [-0.39, 0.29) is 10.6 Å². The number of anilines is 1. The molecule has 17 heavy (non-hydrogen) atoms. The molecule has 0 saturated carbocycles. The molecule has 1 heterocycles. The first-order valence-electron chi connectivity index (χ1n) is 5.22. The van der Waals surface area contributed by atoms with Crippen molar-refractivity contribution in [3.63, 3.8) is 0 Å². The quantitative estimate of drug-likeness (QED) is 0.588. The fraction of sp³-hybridized carbons (Fsp3) is 0.250. The SMILES string of the molecule is Cc1cnc(N(C)C)c2cccc([N+](=O)[O-])c12. The molecule has 0 bridgehead atoms. The molecule has 0 spiro atoms. The van der Waals surface area contributed by atoms with Gasteiger partial charge in [-0.1, -0.05) is 12.1 Å². The number of aryl methyl sites for hydroxylation is 1. The third-order valence-electron chi connectivity index (χ3n) is 2.68. The first kappa shape index (κ1) is 11.3. The minimum atomic E-state index is -0.352. The highest BCUT2D eigenvalue weighted by Crippen LogP contribution is 2.32. The van der Waals surface area contributed by atoms with Crippen LogP contribution in [0.3, 0.4) is 0 Å². The van der Waals surface area contributed by atoms with Crippen LogP contribution in [0.5, 0.6) is 0 Å². The van der Waals surface area contributed by atoms with Crippen LogP contribution in [0.2, 0.25) is 0 Å². The van der Waals surface area contributed by atoms with Crippen LogP contribution in [0.4, 0.5) is 11.5 Å². The van der Waals surface area contributed by atoms with Crippen LogP contribution in [0, 0.1) is 17.0 Å². The molecule has 0 saturated heterocycles. The van der Waals surface area contributed by atoms with Gasteiger partial charge in [-0.05, 0) is 12.5 Å². The summed E-state index contributed by atoms with van der Waals surface area (Å²) in [6, 6.07) is 5.07. The molecule has 0 unspecified atom stereocenters. The van der Waals surface area contributed by atoms with Crippen molar-refractivity contribution in [1.29, 1.82) is 0 Å². The normalized spacial score (nSPS) is 10.5. The molecule has 0 aliphatic heterocycles. The second-order valence-electron chi connectivity index (χ2n) is 4.12. The molecule has 0 atom stereocenters. The Kier molecular flexibility index (Phi) is 2.67. The van der Waals surface area contributed by atoms with Gasteiger partial charge in [-0.25, -0.2) is 4.98 Å². The molecule has 0 radical (unpaired) electrons. The number of aromatic nitrogens is 1. The van der Waals surface area contributed by atoms with E-state index >= 15 is 0 Å². The molecule has 1 aromatic carbocycles. The molecule has 0 fully saturated rings. The first-order valence-corrected chi connectivity index (χ1v) is 5.22. The van der Waals surface area contributed by atoms with Crippen molar-refractivity contribution in [2.45, 2.75) is 6.92 Å². The van der Waals surface area contributed by atoms with Crippen molar-refractivity contribution < 1.29 is 4.92 Å². The largest absolute Gasteiger partial charge is 0.362 e. The van der Waals surface area contributed by atoms with Gasteiger partial charge in [-0.2, -0.15) is 0 Å². The summed E-state index contributed by atoms with van der Waals surface area (Å²) in [7, 11) is 3.74. The van der Waals surface area contributed by atoms with Crippen LogP contribution in [-0.4, -0.2) is 24.0 Å². The summed E-state index contributed by atoms with van der Waals surface area (Å²) in [5, 5.41) is 12.5. The van der Waals surface area contributed by atoms with Crippen molar-refractivity contribution in [2.75, 3.05) is 19.0 Å². The van der Waals surface area contributed by atoms with Crippen LogP contribution in [0.15, 0.2) is 24.4 Å². The fourth-order valence-electron chi connectivity index (χ4n) is 1.94. The maximum atomic E-state index is 11.0. The molecule has 5 heteroatoms. The molecule has 88 valence electrons. The Hall–Kier alpha value is -2.17. The maximum Gasteiger partial charge on any atom is 0.277 e. The van der Waals surface area contributed by atoms with E-state index in [0.717, 1.165) is 16.8 Å². The zero-order chi connectivity index (χ0) is 12.6. The number of rotatable bonds is 2. The predicted octanol–water partition coefficient (Wildman–Crippen LogP) is 2.52. The van der Waals surface area contributed by atoms with Gasteiger partial charge in [0.15, 0.2) is 0 Å². The summed E-state index contributed by atoms with van der Waals surface area (Å²) in [6.45, 7) is 1.84. The molecule has 0 aliphatic carbocycles. The second-order valence-corrected chi connectivity index (χ2v) is 4.12. The van der Waals surface area contributed by atoms with E-state index in [1.165, 1.54) is 6.07 Å². The number of nitro benzene ring substituents is 1. The Morgan fingerprint density at radius 3 is 2.65 bits per heavy atom. The molecule has 2 rings (SSSR count). The van der Waals surface area contributed by atoms with Crippen LogP contribution in [0.25, 0.3) is 10.8 Å². The summed E-state index contributed by atoms with van der Waals surface area (Å²) in [5.74, 6) is 0.745. The number of hydrogen-bond acceptors (Lipinski definition) is 4. The lowest BCUT2D eigenvalue weighted by atomic mass is 10.1. The van der Waals surface area contributed by atoms with E-state index in [2.05, 4.69) is 4.98 Å². The number of pyridine rings is 1. The lowest BCUT2D eigenvalue weighted by Gasteiger charge is -2.14. The first-order chi connectivity index (χ1) is 8.02. The Morgan fingerprint density at radius 2 is 2.06 bits per heavy atom. The Labute approximate surface area is 98.8 Å². The van der Waals surface area contributed by atoms with Crippen molar-refractivity contribution in [2.24, 2.45) is 0 Å². The minimum Gasteiger partial charge on any atom is -0.362 e. The van der Waals surface area contributed by atoms with E-state index in [1.54, 1.807) is 12.3 Å². The Bertz CT molecular complexity index is 594. The van der Waals surface area contributed by atoms with Gasteiger partial charge < -0.3 is 4.90 Å². The average molecular weight is 231 g/mol. The van der Waals surface area contributed by atoms with Gasteiger partial charge in [0.05, 0.1) is 10.3 Å². The Morgan fingerprint density at radius 1 is 1.35 bits per heavy atom. The average Bonchev–Trinajstić information content (AvgIpc) is 2.28. The molecule has 1 aromatic heterocycles. The van der Waals surface area contributed by atoms with Crippen molar-refractivity contribution in [1.82, 2.24) is 4.98 Å². The third-order valence-corrected chi connectivity index (χ3v) is 2.68. The predicted molar refractivity (Wildman–Crippen MR) is 67.5 cm³/mol. The molecular formula is C12H13N3O2. The van der Waals surface area contributed by atoms with Gasteiger partial charge in [-0.15, -0.1) is 0 Å². The zero-order valence-corrected chi connectivity index (χ0v) is 9.97. The maximum absolute atomic E-state index is 11.0. The van der Waals surface area contributed by atoms with Gasteiger partial charge in [0.25, 0.3) is 5.69 Å². The van der Waals surface area contributed by atoms with E-state index in [0.29, 0.717) is 5.39 Å². The molecular weight excluding hydrogens is 218 g/mol. The number of benzene rings is 1. The van der Waals surface area contributed by atoms with Gasteiger partial charge in [0.1, 0.15) is 5.82 Å². The van der Waals surface area contributed by atoms with Crippen molar-refractivity contribution in [3.05, 3.63) is 40.1 Å². The van der Waals surface area contributed by atoms with E-state index < -0.39 is 0 Å². The molecule has 2 aromatic rings. The number of non-ortho nitro benzene ring substituents is 1.